The fraction of sp³-hybridized carbons (Fsp3) is 1.00. The van der Waals surface area contributed by atoms with Crippen LogP contribution in [-0.4, -0.2) is 28.6 Å². The topological polar surface area (TPSA) is 54.4 Å². The van der Waals surface area contributed by atoms with Gasteiger partial charge in [-0.1, -0.05) is 29.5 Å². The highest BCUT2D eigenvalue weighted by molar-refractivity contribution is 14.1. The van der Waals surface area contributed by atoms with Crippen LogP contribution in [0.2, 0.25) is 0 Å². The highest BCUT2D eigenvalue weighted by atomic mass is 127. The Labute approximate surface area is 74.9 Å². The minimum absolute atomic E-state index is 0.0888. The Morgan fingerprint density at radius 2 is 2.00 bits per heavy atom. The van der Waals surface area contributed by atoms with E-state index in [1.165, 1.54) is 6.92 Å². The summed E-state index contributed by atoms with van der Waals surface area (Å²) in [6.07, 6.45) is -0.787. The molecule has 3 nitrogen and oxygen atoms in total. The summed E-state index contributed by atoms with van der Waals surface area (Å²) in [5.41, 5.74) is 0. The van der Waals surface area contributed by atoms with Gasteiger partial charge in [-0.15, -0.1) is 0 Å². The Kier molecular flexibility index (Phi) is 4.12. The maximum atomic E-state index is 11.0. The van der Waals surface area contributed by atoms with Gasteiger partial charge in [0.1, 0.15) is 3.26 Å². The van der Waals surface area contributed by atoms with Crippen molar-refractivity contribution in [2.24, 2.45) is 0 Å². The second-order valence-electron chi connectivity index (χ2n) is 2.04. The molecule has 0 aliphatic heterocycles. The monoisotopic (exact) mass is 278 g/mol. The van der Waals surface area contributed by atoms with Crippen LogP contribution in [0.5, 0.6) is 0 Å². The summed E-state index contributed by atoms with van der Waals surface area (Å²) in [4.78, 5) is 0. The second-order valence-corrected chi connectivity index (χ2v) is 6.64. The molecule has 0 aromatic heterocycles. The number of sulfone groups is 1. The third-order valence-electron chi connectivity index (χ3n) is 1.12. The minimum atomic E-state index is -3.06. The van der Waals surface area contributed by atoms with Crippen LogP contribution < -0.4 is 0 Å². The molecule has 10 heavy (non-hydrogen) atoms. The van der Waals surface area contributed by atoms with Crippen molar-refractivity contribution in [3.63, 3.8) is 0 Å². The molecule has 0 rings (SSSR count). The van der Waals surface area contributed by atoms with Crippen molar-refractivity contribution in [1.29, 1.82) is 0 Å². The third kappa shape index (κ3) is 2.71. The van der Waals surface area contributed by atoms with Gasteiger partial charge in [0, 0.05) is 5.75 Å². The van der Waals surface area contributed by atoms with Gasteiger partial charge in [-0.3, -0.25) is 0 Å². The molecular formula is C5H11IO3S. The van der Waals surface area contributed by atoms with Crippen LogP contribution in [-0.2, 0) is 9.84 Å². The fourth-order valence-electron chi connectivity index (χ4n) is 0.459. The SMILES string of the molecule is CCS(=O)(=O)[C@@H](I)[C@H](C)O. The van der Waals surface area contributed by atoms with Gasteiger partial charge in [-0.2, -0.15) is 0 Å². The van der Waals surface area contributed by atoms with E-state index in [2.05, 4.69) is 0 Å². The summed E-state index contributed by atoms with van der Waals surface area (Å²) >= 11 is 1.74. The average Bonchev–Trinajstić information content (AvgIpc) is 1.86. The average molecular weight is 278 g/mol. The van der Waals surface area contributed by atoms with Gasteiger partial charge in [0.15, 0.2) is 9.84 Å². The molecule has 2 atom stereocenters. The highest BCUT2D eigenvalue weighted by Crippen LogP contribution is 2.14. The zero-order valence-electron chi connectivity index (χ0n) is 5.91. The first-order valence-corrected chi connectivity index (χ1v) is 5.91. The van der Waals surface area contributed by atoms with Crippen LogP contribution in [0.25, 0.3) is 0 Å². The van der Waals surface area contributed by atoms with Crippen LogP contribution in [0.4, 0.5) is 0 Å². The van der Waals surface area contributed by atoms with E-state index in [1.54, 1.807) is 29.5 Å². The summed E-state index contributed by atoms with van der Waals surface area (Å²) in [6, 6.07) is 0. The van der Waals surface area contributed by atoms with Crippen molar-refractivity contribution in [1.82, 2.24) is 0 Å². The van der Waals surface area contributed by atoms with Crippen molar-refractivity contribution < 1.29 is 13.5 Å². The highest BCUT2D eigenvalue weighted by Gasteiger charge is 2.24. The fourth-order valence-corrected chi connectivity index (χ4v) is 2.46. The lowest BCUT2D eigenvalue weighted by Gasteiger charge is -2.11. The maximum Gasteiger partial charge on any atom is 0.164 e. The molecule has 0 saturated heterocycles. The number of halogens is 1. The first kappa shape index (κ1) is 10.6. The number of rotatable bonds is 3. The van der Waals surface area contributed by atoms with Gasteiger partial charge >= 0.3 is 0 Å². The molecule has 0 aromatic carbocycles. The van der Waals surface area contributed by atoms with Crippen LogP contribution in [0.3, 0.4) is 0 Å². The molecular weight excluding hydrogens is 267 g/mol. The third-order valence-corrected chi connectivity index (χ3v) is 6.37. The summed E-state index contributed by atoms with van der Waals surface area (Å²) in [7, 11) is -3.06. The Bertz CT molecular complexity index is 185. The van der Waals surface area contributed by atoms with Crippen molar-refractivity contribution in [2.75, 3.05) is 5.75 Å². The molecule has 0 unspecified atom stereocenters. The number of hydrogen-bond donors (Lipinski definition) is 1. The van der Waals surface area contributed by atoms with Gasteiger partial charge in [-0.05, 0) is 6.92 Å². The summed E-state index contributed by atoms with van der Waals surface area (Å²) in [5, 5.41) is 8.90. The predicted octanol–water partition coefficient (Wildman–Crippen LogP) is 0.563. The lowest BCUT2D eigenvalue weighted by molar-refractivity contribution is 0.213. The molecule has 0 heterocycles. The zero-order chi connectivity index (χ0) is 8.36. The minimum Gasteiger partial charge on any atom is -0.391 e. The lowest BCUT2D eigenvalue weighted by Crippen LogP contribution is -2.27. The molecule has 5 heteroatoms. The maximum absolute atomic E-state index is 11.0. The summed E-state index contributed by atoms with van der Waals surface area (Å²) < 4.78 is 21.3. The molecule has 0 radical (unpaired) electrons. The molecule has 0 aliphatic rings. The molecule has 0 amide bonds. The van der Waals surface area contributed by atoms with Gasteiger partial charge in [0.2, 0.25) is 0 Å². The quantitative estimate of drug-likeness (QED) is 0.606. The molecule has 1 N–H and O–H groups in total. The molecule has 62 valence electrons. The van der Waals surface area contributed by atoms with Crippen molar-refractivity contribution in [3.8, 4) is 0 Å². The van der Waals surface area contributed by atoms with E-state index in [0.717, 1.165) is 0 Å². The van der Waals surface area contributed by atoms with Crippen molar-refractivity contribution >= 4 is 32.4 Å². The normalized spacial score (nSPS) is 18.4. The zero-order valence-corrected chi connectivity index (χ0v) is 8.89. The Balaban J connectivity index is 4.35. The number of hydrogen-bond acceptors (Lipinski definition) is 3. The number of aliphatic hydroxyl groups excluding tert-OH is 1. The lowest BCUT2D eigenvalue weighted by atomic mass is 10.5. The second kappa shape index (κ2) is 3.87. The summed E-state index contributed by atoms with van der Waals surface area (Å²) in [5.74, 6) is 0.0888. The Morgan fingerprint density at radius 3 is 2.10 bits per heavy atom. The molecule has 0 saturated carbocycles. The summed E-state index contributed by atoms with van der Waals surface area (Å²) in [6.45, 7) is 3.05. The van der Waals surface area contributed by atoms with E-state index >= 15 is 0 Å². The van der Waals surface area contributed by atoms with E-state index in [1.807, 2.05) is 0 Å². The number of aliphatic hydroxyl groups is 1. The predicted molar refractivity (Wildman–Crippen MR) is 48.9 cm³/mol. The Morgan fingerprint density at radius 1 is 1.60 bits per heavy atom. The largest absolute Gasteiger partial charge is 0.391 e. The van der Waals surface area contributed by atoms with E-state index in [4.69, 9.17) is 5.11 Å². The standard InChI is InChI=1S/C5H11IO3S/c1-3-10(8,9)5(6)4(2)7/h4-5,7H,3H2,1-2H3/t4-,5+/m0/s1. The van der Waals surface area contributed by atoms with Crippen molar-refractivity contribution in [2.45, 2.75) is 23.2 Å². The first-order chi connectivity index (χ1) is 4.41. The van der Waals surface area contributed by atoms with Crippen molar-refractivity contribution in [3.05, 3.63) is 0 Å². The number of alkyl halides is 1. The van der Waals surface area contributed by atoms with Gasteiger partial charge < -0.3 is 5.11 Å². The Hall–Kier alpha value is 0.640. The van der Waals surface area contributed by atoms with Crippen LogP contribution >= 0.6 is 22.6 Å². The molecule has 0 bridgehead atoms. The van der Waals surface area contributed by atoms with Crippen LogP contribution in [0, 0.1) is 0 Å². The van der Waals surface area contributed by atoms with Crippen LogP contribution in [0.1, 0.15) is 13.8 Å². The van der Waals surface area contributed by atoms with Gasteiger partial charge in [-0.25, -0.2) is 8.42 Å². The van der Waals surface area contributed by atoms with E-state index in [0.29, 0.717) is 0 Å². The molecule has 0 fully saturated rings. The molecule has 0 aromatic rings. The molecule has 0 aliphatic carbocycles. The van der Waals surface area contributed by atoms with E-state index < -0.39 is 19.2 Å². The van der Waals surface area contributed by atoms with E-state index in [9.17, 15) is 8.42 Å². The van der Waals surface area contributed by atoms with E-state index in [-0.39, 0.29) is 5.75 Å². The first-order valence-electron chi connectivity index (χ1n) is 2.95. The van der Waals surface area contributed by atoms with Gasteiger partial charge in [0.05, 0.1) is 6.10 Å². The smallest absolute Gasteiger partial charge is 0.164 e. The molecule has 0 spiro atoms. The van der Waals surface area contributed by atoms with Crippen LogP contribution in [0.15, 0.2) is 0 Å². The van der Waals surface area contributed by atoms with Gasteiger partial charge in [0.25, 0.3) is 0 Å².